The lowest BCUT2D eigenvalue weighted by Gasteiger charge is -2.12. The van der Waals surface area contributed by atoms with Crippen LogP contribution in [0, 0.1) is 0 Å². The smallest absolute Gasteiger partial charge is 0.307 e. The van der Waals surface area contributed by atoms with Gasteiger partial charge >= 0.3 is 5.97 Å². The molecule has 0 aliphatic carbocycles. The molecule has 0 fully saturated rings. The molecule has 0 rings (SSSR count). The van der Waals surface area contributed by atoms with Gasteiger partial charge in [-0.05, 0) is 19.9 Å². The molecule has 0 aromatic heterocycles. The second-order valence-electron chi connectivity index (χ2n) is 5.82. The molecule has 0 aromatic carbocycles. The van der Waals surface area contributed by atoms with Crippen LogP contribution in [0.5, 0.6) is 0 Å². The zero-order valence-electron chi connectivity index (χ0n) is 13.9. The summed E-state index contributed by atoms with van der Waals surface area (Å²) in [7, 11) is 1.44. The lowest BCUT2D eigenvalue weighted by atomic mass is 10.1. The van der Waals surface area contributed by atoms with Crippen molar-refractivity contribution in [2.45, 2.75) is 90.5 Å². The van der Waals surface area contributed by atoms with Crippen LogP contribution >= 0.6 is 0 Å². The van der Waals surface area contributed by atoms with Crippen LogP contribution in [-0.2, 0) is 9.53 Å². The predicted octanol–water partition coefficient (Wildman–Crippen LogP) is 4.45. The maximum atomic E-state index is 11.1. The van der Waals surface area contributed by atoms with Crippen LogP contribution in [0.2, 0.25) is 0 Å². The molecule has 1 N–H and O–H groups in total. The van der Waals surface area contributed by atoms with Crippen molar-refractivity contribution in [2.75, 3.05) is 13.7 Å². The Bertz CT molecular complexity index is 219. The van der Waals surface area contributed by atoms with Crippen molar-refractivity contribution in [1.82, 2.24) is 5.32 Å². The van der Waals surface area contributed by atoms with E-state index in [4.69, 9.17) is 0 Å². The van der Waals surface area contributed by atoms with Gasteiger partial charge in [-0.2, -0.15) is 0 Å². The van der Waals surface area contributed by atoms with Gasteiger partial charge in [-0.1, -0.05) is 64.7 Å². The van der Waals surface area contributed by atoms with Crippen LogP contribution in [-0.4, -0.2) is 25.7 Å². The Balaban J connectivity index is 3.14. The van der Waals surface area contributed by atoms with E-state index in [0.717, 1.165) is 6.54 Å². The molecule has 0 radical (unpaired) electrons. The van der Waals surface area contributed by atoms with Crippen LogP contribution in [0.4, 0.5) is 0 Å². The maximum absolute atomic E-state index is 11.1. The fourth-order valence-corrected chi connectivity index (χ4v) is 2.37. The van der Waals surface area contributed by atoms with Crippen LogP contribution < -0.4 is 5.32 Å². The van der Waals surface area contributed by atoms with E-state index in [-0.39, 0.29) is 12.0 Å². The van der Waals surface area contributed by atoms with E-state index in [0.29, 0.717) is 6.42 Å². The largest absolute Gasteiger partial charge is 0.469 e. The first kappa shape index (κ1) is 19.4. The number of hydrogen-bond donors (Lipinski definition) is 1. The molecule has 0 amide bonds. The molecule has 0 aliphatic heterocycles. The average Bonchev–Trinajstić information content (AvgIpc) is 2.44. The Morgan fingerprint density at radius 2 is 1.45 bits per heavy atom. The number of hydrogen-bond acceptors (Lipinski definition) is 3. The third-order valence-electron chi connectivity index (χ3n) is 3.72. The van der Waals surface area contributed by atoms with Gasteiger partial charge in [-0.25, -0.2) is 0 Å². The fraction of sp³-hybridized carbons (Fsp3) is 0.941. The number of methoxy groups -OCH3 is 1. The van der Waals surface area contributed by atoms with Gasteiger partial charge in [0.15, 0.2) is 0 Å². The number of carbonyl (C=O) groups is 1. The molecule has 0 aromatic rings. The molecule has 0 saturated carbocycles. The fourth-order valence-electron chi connectivity index (χ4n) is 2.37. The number of nitrogens with one attached hydrogen (secondary N) is 1. The molecule has 0 bridgehead atoms. The molecule has 20 heavy (non-hydrogen) atoms. The van der Waals surface area contributed by atoms with E-state index in [1.165, 1.54) is 71.3 Å². The van der Waals surface area contributed by atoms with Gasteiger partial charge in [0.2, 0.25) is 0 Å². The molecular weight excluding hydrogens is 250 g/mol. The molecule has 0 spiro atoms. The normalized spacial score (nSPS) is 12.3. The Morgan fingerprint density at radius 1 is 0.950 bits per heavy atom. The summed E-state index contributed by atoms with van der Waals surface area (Å²) in [5.74, 6) is -0.131. The van der Waals surface area contributed by atoms with Crippen molar-refractivity contribution < 1.29 is 9.53 Å². The Hall–Kier alpha value is -0.570. The minimum absolute atomic E-state index is 0.131. The molecule has 0 aliphatic rings. The van der Waals surface area contributed by atoms with E-state index in [9.17, 15) is 4.79 Å². The highest BCUT2D eigenvalue weighted by molar-refractivity contribution is 5.69. The van der Waals surface area contributed by atoms with Gasteiger partial charge in [-0.3, -0.25) is 4.79 Å². The molecule has 3 nitrogen and oxygen atoms in total. The first-order chi connectivity index (χ1) is 9.70. The molecule has 3 heteroatoms. The number of carbonyl (C=O) groups excluding carboxylic acids is 1. The number of esters is 1. The zero-order chi connectivity index (χ0) is 15.1. The second-order valence-corrected chi connectivity index (χ2v) is 5.82. The Kier molecular flexibility index (Phi) is 14.4. The standard InChI is InChI=1S/C17H35NO2/c1-4-5-6-7-8-9-10-11-12-13-14-18-16(2)15-17(19)20-3/h16,18H,4-15H2,1-3H3. The summed E-state index contributed by atoms with van der Waals surface area (Å²) in [6, 6.07) is 0.223. The van der Waals surface area contributed by atoms with Gasteiger partial charge in [0, 0.05) is 6.04 Å². The molecule has 0 heterocycles. The van der Waals surface area contributed by atoms with Crippen LogP contribution in [0.15, 0.2) is 0 Å². The van der Waals surface area contributed by atoms with E-state index >= 15 is 0 Å². The summed E-state index contributed by atoms with van der Waals surface area (Å²) in [5, 5.41) is 3.37. The Labute approximate surface area is 125 Å². The van der Waals surface area contributed by atoms with Crippen molar-refractivity contribution in [3.8, 4) is 0 Å². The van der Waals surface area contributed by atoms with Crippen LogP contribution in [0.3, 0.4) is 0 Å². The Morgan fingerprint density at radius 3 is 1.95 bits per heavy atom. The third-order valence-corrected chi connectivity index (χ3v) is 3.72. The topological polar surface area (TPSA) is 38.3 Å². The van der Waals surface area contributed by atoms with Gasteiger partial charge in [0.05, 0.1) is 13.5 Å². The molecular formula is C17H35NO2. The van der Waals surface area contributed by atoms with Crippen molar-refractivity contribution >= 4 is 5.97 Å². The first-order valence-corrected chi connectivity index (χ1v) is 8.50. The quantitative estimate of drug-likeness (QED) is 0.378. The summed E-state index contributed by atoms with van der Waals surface area (Å²) >= 11 is 0. The highest BCUT2D eigenvalue weighted by atomic mass is 16.5. The lowest BCUT2D eigenvalue weighted by Crippen LogP contribution is -2.29. The second kappa shape index (κ2) is 14.8. The summed E-state index contributed by atoms with van der Waals surface area (Å²) < 4.78 is 4.65. The number of unbranched alkanes of at least 4 members (excludes halogenated alkanes) is 9. The lowest BCUT2D eigenvalue weighted by molar-refractivity contribution is -0.141. The van der Waals surface area contributed by atoms with Crippen molar-refractivity contribution in [3.63, 3.8) is 0 Å². The number of ether oxygens (including phenoxy) is 1. The first-order valence-electron chi connectivity index (χ1n) is 8.50. The van der Waals surface area contributed by atoms with Crippen molar-refractivity contribution in [1.29, 1.82) is 0 Å². The highest BCUT2D eigenvalue weighted by Gasteiger charge is 2.07. The third kappa shape index (κ3) is 13.9. The summed E-state index contributed by atoms with van der Waals surface area (Å²) in [6.07, 6.45) is 14.1. The van der Waals surface area contributed by atoms with Crippen molar-refractivity contribution in [3.05, 3.63) is 0 Å². The monoisotopic (exact) mass is 285 g/mol. The SMILES string of the molecule is CCCCCCCCCCCCNC(C)CC(=O)OC. The molecule has 120 valence electrons. The summed E-state index contributed by atoms with van der Waals surface area (Å²) in [4.78, 5) is 11.1. The molecule has 0 saturated heterocycles. The number of rotatable bonds is 14. The summed E-state index contributed by atoms with van der Waals surface area (Å²) in [6.45, 7) is 5.31. The summed E-state index contributed by atoms with van der Waals surface area (Å²) in [5.41, 5.74) is 0. The average molecular weight is 285 g/mol. The zero-order valence-corrected chi connectivity index (χ0v) is 13.9. The van der Waals surface area contributed by atoms with Gasteiger partial charge in [0.1, 0.15) is 0 Å². The molecule has 1 unspecified atom stereocenters. The van der Waals surface area contributed by atoms with Crippen molar-refractivity contribution in [2.24, 2.45) is 0 Å². The maximum Gasteiger partial charge on any atom is 0.307 e. The van der Waals surface area contributed by atoms with E-state index < -0.39 is 0 Å². The van der Waals surface area contributed by atoms with Gasteiger partial charge < -0.3 is 10.1 Å². The van der Waals surface area contributed by atoms with E-state index in [2.05, 4.69) is 17.0 Å². The van der Waals surface area contributed by atoms with Crippen LogP contribution in [0.25, 0.3) is 0 Å². The van der Waals surface area contributed by atoms with E-state index in [1.54, 1.807) is 0 Å². The van der Waals surface area contributed by atoms with Gasteiger partial charge in [-0.15, -0.1) is 0 Å². The minimum Gasteiger partial charge on any atom is -0.469 e. The van der Waals surface area contributed by atoms with Gasteiger partial charge in [0.25, 0.3) is 0 Å². The van der Waals surface area contributed by atoms with E-state index in [1.807, 2.05) is 6.92 Å². The molecule has 1 atom stereocenters. The predicted molar refractivity (Wildman–Crippen MR) is 85.9 cm³/mol. The highest BCUT2D eigenvalue weighted by Crippen LogP contribution is 2.10. The van der Waals surface area contributed by atoms with Crippen LogP contribution in [0.1, 0.15) is 84.5 Å². The minimum atomic E-state index is -0.131.